The summed E-state index contributed by atoms with van der Waals surface area (Å²) < 4.78 is 0. The van der Waals surface area contributed by atoms with E-state index >= 15 is 0 Å². The molecule has 0 N–H and O–H groups in total. The van der Waals surface area contributed by atoms with E-state index in [9.17, 15) is 4.79 Å². The molecule has 6 heteroatoms. The van der Waals surface area contributed by atoms with Crippen LogP contribution >= 0.6 is 22.7 Å². The van der Waals surface area contributed by atoms with E-state index in [2.05, 4.69) is 26.7 Å². The number of rotatable bonds is 5. The van der Waals surface area contributed by atoms with Crippen molar-refractivity contribution in [2.45, 2.75) is 19.3 Å². The smallest absolute Gasteiger partial charge is 0.228 e. The van der Waals surface area contributed by atoms with Crippen LogP contribution in [0.5, 0.6) is 0 Å². The summed E-state index contributed by atoms with van der Waals surface area (Å²) in [5, 5.41) is 7.20. The second kappa shape index (κ2) is 6.71. The first kappa shape index (κ1) is 15.3. The highest BCUT2D eigenvalue weighted by atomic mass is 32.1. The van der Waals surface area contributed by atoms with Gasteiger partial charge in [0, 0.05) is 49.0 Å². The van der Waals surface area contributed by atoms with Gasteiger partial charge in [-0.3, -0.25) is 9.69 Å². The molecule has 2 fully saturated rings. The van der Waals surface area contributed by atoms with E-state index in [1.165, 1.54) is 19.4 Å². The van der Waals surface area contributed by atoms with Gasteiger partial charge >= 0.3 is 0 Å². The Morgan fingerprint density at radius 2 is 2.04 bits per heavy atom. The molecule has 23 heavy (non-hydrogen) atoms. The Labute approximate surface area is 144 Å². The number of aromatic nitrogens is 1. The molecule has 1 amide bonds. The highest BCUT2D eigenvalue weighted by molar-refractivity contribution is 7.14. The molecule has 2 aromatic heterocycles. The molecule has 1 aliphatic carbocycles. The van der Waals surface area contributed by atoms with E-state index in [1.54, 1.807) is 22.7 Å². The van der Waals surface area contributed by atoms with Crippen LogP contribution < -0.4 is 0 Å². The van der Waals surface area contributed by atoms with Crippen molar-refractivity contribution in [1.82, 2.24) is 14.8 Å². The van der Waals surface area contributed by atoms with E-state index in [-0.39, 0.29) is 5.91 Å². The molecule has 2 aromatic rings. The summed E-state index contributed by atoms with van der Waals surface area (Å²) in [7, 11) is 0. The van der Waals surface area contributed by atoms with Gasteiger partial charge < -0.3 is 4.90 Å². The summed E-state index contributed by atoms with van der Waals surface area (Å²) in [5.74, 6) is 1.15. The summed E-state index contributed by atoms with van der Waals surface area (Å²) in [5.41, 5.74) is 2.06. The van der Waals surface area contributed by atoms with Crippen molar-refractivity contribution >= 4 is 28.6 Å². The summed E-state index contributed by atoms with van der Waals surface area (Å²) >= 11 is 3.30. The van der Waals surface area contributed by atoms with E-state index in [0.717, 1.165) is 48.4 Å². The topological polar surface area (TPSA) is 36.4 Å². The molecule has 0 unspecified atom stereocenters. The maximum Gasteiger partial charge on any atom is 0.228 e. The second-order valence-corrected chi connectivity index (χ2v) is 8.10. The van der Waals surface area contributed by atoms with E-state index in [4.69, 9.17) is 0 Å². The first-order chi connectivity index (χ1) is 11.3. The number of piperazine rings is 1. The first-order valence-electron chi connectivity index (χ1n) is 8.25. The van der Waals surface area contributed by atoms with Crippen LogP contribution in [0, 0.1) is 5.92 Å². The average molecular weight is 348 g/mol. The van der Waals surface area contributed by atoms with Crippen LogP contribution in [0.2, 0.25) is 0 Å². The zero-order chi connectivity index (χ0) is 15.6. The minimum absolute atomic E-state index is 0.221. The molecular weight excluding hydrogens is 326 g/mol. The lowest BCUT2D eigenvalue weighted by molar-refractivity contribution is -0.132. The average Bonchev–Trinajstić information content (AvgIpc) is 3.04. The third-order valence-corrected chi connectivity index (χ3v) is 6.21. The predicted octanol–water partition coefficient (Wildman–Crippen LogP) is 2.97. The third kappa shape index (κ3) is 3.82. The summed E-state index contributed by atoms with van der Waals surface area (Å²) in [6.45, 7) is 5.02. The van der Waals surface area contributed by atoms with Gasteiger partial charge in [-0.1, -0.05) is 0 Å². The standard InChI is InChI=1S/C17H21N3OS2/c21-16(20-6-4-19(5-7-20)10-13-1-2-13)9-15-12-23-17(18-15)14-3-8-22-11-14/h3,8,11-13H,1-2,4-7,9-10H2. The first-order valence-corrected chi connectivity index (χ1v) is 10.1. The minimum Gasteiger partial charge on any atom is -0.340 e. The van der Waals surface area contributed by atoms with Crippen molar-refractivity contribution < 1.29 is 4.79 Å². The lowest BCUT2D eigenvalue weighted by atomic mass is 10.2. The molecule has 2 aliphatic rings. The van der Waals surface area contributed by atoms with Gasteiger partial charge in [-0.25, -0.2) is 4.98 Å². The predicted molar refractivity (Wildman–Crippen MR) is 94.9 cm³/mol. The SMILES string of the molecule is O=C(Cc1csc(-c2ccsc2)n1)N1CCN(CC2CC2)CC1. The van der Waals surface area contributed by atoms with Gasteiger partial charge in [0.1, 0.15) is 5.01 Å². The molecule has 122 valence electrons. The molecule has 0 atom stereocenters. The number of thiophene rings is 1. The third-order valence-electron chi connectivity index (χ3n) is 4.59. The van der Waals surface area contributed by atoms with Gasteiger partial charge in [-0.2, -0.15) is 11.3 Å². The van der Waals surface area contributed by atoms with Gasteiger partial charge in [0.15, 0.2) is 0 Å². The molecule has 3 heterocycles. The number of carbonyl (C=O) groups is 1. The van der Waals surface area contributed by atoms with Crippen LogP contribution in [0.1, 0.15) is 18.5 Å². The van der Waals surface area contributed by atoms with Crippen LogP contribution in [0.4, 0.5) is 0 Å². The number of thiazole rings is 1. The van der Waals surface area contributed by atoms with Crippen molar-refractivity contribution in [2.75, 3.05) is 32.7 Å². The van der Waals surface area contributed by atoms with Crippen molar-refractivity contribution in [3.8, 4) is 10.6 Å². The van der Waals surface area contributed by atoms with E-state index < -0.39 is 0 Å². The van der Waals surface area contributed by atoms with Gasteiger partial charge in [0.25, 0.3) is 0 Å². The Morgan fingerprint density at radius 1 is 1.22 bits per heavy atom. The normalized spacial score (nSPS) is 19.2. The van der Waals surface area contributed by atoms with E-state index in [0.29, 0.717) is 6.42 Å². The Bertz CT molecular complexity index is 655. The van der Waals surface area contributed by atoms with Crippen molar-refractivity contribution in [1.29, 1.82) is 0 Å². The van der Waals surface area contributed by atoms with Crippen LogP contribution in [-0.4, -0.2) is 53.4 Å². The van der Waals surface area contributed by atoms with Crippen LogP contribution in [0.25, 0.3) is 10.6 Å². The summed E-state index contributed by atoms with van der Waals surface area (Å²) in [6.07, 6.45) is 3.23. The minimum atomic E-state index is 0.221. The largest absolute Gasteiger partial charge is 0.340 e. The van der Waals surface area contributed by atoms with E-state index in [1.807, 2.05) is 10.3 Å². The molecule has 0 bridgehead atoms. The Hall–Kier alpha value is -1.24. The molecule has 4 nitrogen and oxygen atoms in total. The van der Waals surface area contributed by atoms with Crippen LogP contribution in [-0.2, 0) is 11.2 Å². The number of hydrogen-bond donors (Lipinski definition) is 0. The highest BCUT2D eigenvalue weighted by Gasteiger charge is 2.27. The maximum atomic E-state index is 12.5. The van der Waals surface area contributed by atoms with Crippen molar-refractivity contribution in [3.63, 3.8) is 0 Å². The zero-order valence-electron chi connectivity index (χ0n) is 13.1. The maximum absolute atomic E-state index is 12.5. The number of amides is 1. The molecule has 0 radical (unpaired) electrons. The lowest BCUT2D eigenvalue weighted by Gasteiger charge is -2.34. The Kier molecular flexibility index (Phi) is 4.46. The number of hydrogen-bond acceptors (Lipinski definition) is 5. The molecule has 0 aromatic carbocycles. The fourth-order valence-electron chi connectivity index (χ4n) is 3.02. The monoisotopic (exact) mass is 347 g/mol. The van der Waals surface area contributed by atoms with Gasteiger partial charge in [0.05, 0.1) is 12.1 Å². The molecule has 1 saturated carbocycles. The van der Waals surface area contributed by atoms with Crippen molar-refractivity contribution in [2.24, 2.45) is 5.92 Å². The summed E-state index contributed by atoms with van der Waals surface area (Å²) in [6, 6.07) is 2.08. The van der Waals surface area contributed by atoms with Crippen LogP contribution in [0.15, 0.2) is 22.2 Å². The number of carbonyl (C=O) groups excluding carboxylic acids is 1. The fraction of sp³-hybridized carbons (Fsp3) is 0.529. The molecule has 1 saturated heterocycles. The van der Waals surface area contributed by atoms with Crippen molar-refractivity contribution in [3.05, 3.63) is 27.9 Å². The molecule has 4 rings (SSSR count). The number of nitrogens with zero attached hydrogens (tertiary/aromatic N) is 3. The Balaban J connectivity index is 1.30. The summed E-state index contributed by atoms with van der Waals surface area (Å²) in [4.78, 5) is 21.6. The highest BCUT2D eigenvalue weighted by Crippen LogP contribution is 2.30. The Morgan fingerprint density at radius 3 is 2.74 bits per heavy atom. The molecule has 0 spiro atoms. The molecular formula is C17H21N3OS2. The quantitative estimate of drug-likeness (QED) is 0.834. The lowest BCUT2D eigenvalue weighted by Crippen LogP contribution is -2.49. The molecule has 1 aliphatic heterocycles. The van der Waals surface area contributed by atoms with Gasteiger partial charge in [-0.05, 0) is 30.2 Å². The fourth-order valence-corrected chi connectivity index (χ4v) is 4.55. The van der Waals surface area contributed by atoms with Gasteiger partial charge in [0.2, 0.25) is 5.91 Å². The van der Waals surface area contributed by atoms with Gasteiger partial charge in [-0.15, -0.1) is 11.3 Å². The van der Waals surface area contributed by atoms with Crippen LogP contribution in [0.3, 0.4) is 0 Å². The second-order valence-electron chi connectivity index (χ2n) is 6.46. The zero-order valence-corrected chi connectivity index (χ0v) is 14.7.